The highest BCUT2D eigenvalue weighted by atomic mass is 35.5. The number of rotatable bonds is 2. The van der Waals surface area contributed by atoms with Crippen molar-refractivity contribution in [2.75, 3.05) is 32.7 Å². The van der Waals surface area contributed by atoms with Gasteiger partial charge in [-0.2, -0.15) is 0 Å². The molecule has 2 nitrogen and oxygen atoms in total. The lowest BCUT2D eigenvalue weighted by molar-refractivity contribution is 0.0658. The fourth-order valence-electron chi connectivity index (χ4n) is 4.11. The lowest BCUT2D eigenvalue weighted by Gasteiger charge is -2.47. The highest BCUT2D eigenvalue weighted by Crippen LogP contribution is 2.40. The van der Waals surface area contributed by atoms with Crippen LogP contribution in [0, 0.1) is 0 Å². The van der Waals surface area contributed by atoms with Crippen molar-refractivity contribution in [2.45, 2.75) is 18.9 Å². The van der Waals surface area contributed by atoms with E-state index in [4.69, 9.17) is 0 Å². The van der Waals surface area contributed by atoms with Crippen molar-refractivity contribution in [1.29, 1.82) is 0 Å². The zero-order chi connectivity index (χ0) is 14.9. The second kappa shape index (κ2) is 8.35. The normalized spacial score (nSPS) is 23.4. The standard InChI is InChI=1S/C20H24N2.2ClH/c1-2-21-12-13-22-14-19(16-8-4-3-5-9-16)17-10-6-7-11-18(17)20(22)15-21;;/h3-11,19-20H,2,12-15H2,1H3;2*1H/t19-,20+;;/m0../s1. The fourth-order valence-corrected chi connectivity index (χ4v) is 4.11. The molecule has 2 heterocycles. The first-order valence-electron chi connectivity index (χ1n) is 8.47. The van der Waals surface area contributed by atoms with Crippen LogP contribution in [0.15, 0.2) is 54.6 Å². The third-order valence-electron chi connectivity index (χ3n) is 5.37. The van der Waals surface area contributed by atoms with Gasteiger partial charge in [0.15, 0.2) is 0 Å². The lowest BCUT2D eigenvalue weighted by Crippen LogP contribution is -2.51. The van der Waals surface area contributed by atoms with Crippen LogP contribution >= 0.6 is 24.8 Å². The van der Waals surface area contributed by atoms with Gasteiger partial charge < -0.3 is 4.90 Å². The summed E-state index contributed by atoms with van der Waals surface area (Å²) in [5.74, 6) is 0.516. The number of likely N-dealkylation sites (N-methyl/N-ethyl adjacent to an activating group) is 1. The maximum atomic E-state index is 2.70. The summed E-state index contributed by atoms with van der Waals surface area (Å²) >= 11 is 0. The molecule has 0 radical (unpaired) electrons. The van der Waals surface area contributed by atoms with Gasteiger partial charge in [-0.3, -0.25) is 4.90 Å². The minimum atomic E-state index is 0. The van der Waals surface area contributed by atoms with Gasteiger partial charge in [-0.25, -0.2) is 0 Å². The molecule has 1 fully saturated rings. The van der Waals surface area contributed by atoms with E-state index >= 15 is 0 Å². The van der Waals surface area contributed by atoms with Crippen LogP contribution in [-0.4, -0.2) is 42.5 Å². The Balaban J connectivity index is 0.00000104. The highest BCUT2D eigenvalue weighted by Gasteiger charge is 2.36. The Morgan fingerprint density at radius 3 is 2.21 bits per heavy atom. The molecule has 2 aromatic carbocycles. The Labute approximate surface area is 157 Å². The summed E-state index contributed by atoms with van der Waals surface area (Å²) in [6, 6.07) is 20.7. The van der Waals surface area contributed by atoms with Gasteiger partial charge in [-0.05, 0) is 23.2 Å². The van der Waals surface area contributed by atoms with Gasteiger partial charge in [-0.1, -0.05) is 61.5 Å². The molecule has 0 spiro atoms. The smallest absolute Gasteiger partial charge is 0.0479 e. The molecule has 0 N–H and O–H groups in total. The van der Waals surface area contributed by atoms with Crippen molar-refractivity contribution < 1.29 is 0 Å². The minimum Gasteiger partial charge on any atom is -0.300 e. The largest absolute Gasteiger partial charge is 0.300 e. The van der Waals surface area contributed by atoms with Crippen molar-refractivity contribution in [3.8, 4) is 0 Å². The average Bonchev–Trinajstić information content (AvgIpc) is 2.61. The van der Waals surface area contributed by atoms with Crippen LogP contribution < -0.4 is 0 Å². The fraction of sp³-hybridized carbons (Fsp3) is 0.400. The van der Waals surface area contributed by atoms with E-state index < -0.39 is 0 Å². The molecule has 0 aromatic heterocycles. The summed E-state index contributed by atoms with van der Waals surface area (Å²) in [6.45, 7) is 8.16. The molecule has 0 aliphatic carbocycles. The van der Waals surface area contributed by atoms with E-state index in [1.165, 1.54) is 30.8 Å². The molecule has 24 heavy (non-hydrogen) atoms. The average molecular weight is 365 g/mol. The molecule has 4 rings (SSSR count). The summed E-state index contributed by atoms with van der Waals surface area (Å²) < 4.78 is 0. The van der Waals surface area contributed by atoms with E-state index in [1.807, 2.05) is 0 Å². The molecule has 0 unspecified atom stereocenters. The molecule has 4 heteroatoms. The zero-order valence-corrected chi connectivity index (χ0v) is 15.7. The molecule has 2 aliphatic rings. The van der Waals surface area contributed by atoms with Crippen molar-refractivity contribution >= 4 is 24.8 Å². The molecule has 0 amide bonds. The Hall–Kier alpha value is -1.06. The predicted molar refractivity (Wildman–Crippen MR) is 106 cm³/mol. The van der Waals surface area contributed by atoms with Crippen molar-refractivity contribution in [1.82, 2.24) is 9.80 Å². The predicted octanol–water partition coefficient (Wildman–Crippen LogP) is 4.35. The molecule has 1 saturated heterocycles. The molecule has 0 saturated carbocycles. The Kier molecular flexibility index (Phi) is 6.70. The van der Waals surface area contributed by atoms with E-state index in [-0.39, 0.29) is 24.8 Å². The van der Waals surface area contributed by atoms with Gasteiger partial charge in [-0.15, -0.1) is 24.8 Å². The van der Waals surface area contributed by atoms with Gasteiger partial charge in [0.25, 0.3) is 0 Å². The second-order valence-corrected chi connectivity index (χ2v) is 6.50. The molecule has 130 valence electrons. The third kappa shape index (κ3) is 3.48. The maximum absolute atomic E-state index is 2.70. The Morgan fingerprint density at radius 1 is 0.833 bits per heavy atom. The summed E-state index contributed by atoms with van der Waals surface area (Å²) in [7, 11) is 0. The number of nitrogens with zero attached hydrogens (tertiary/aromatic N) is 2. The van der Waals surface area contributed by atoms with E-state index in [2.05, 4.69) is 71.3 Å². The number of benzene rings is 2. The second-order valence-electron chi connectivity index (χ2n) is 6.50. The number of fused-ring (bicyclic) bond motifs is 3. The summed E-state index contributed by atoms with van der Waals surface area (Å²) in [5, 5.41) is 0. The maximum Gasteiger partial charge on any atom is 0.0479 e. The summed E-state index contributed by atoms with van der Waals surface area (Å²) in [6.07, 6.45) is 0. The summed E-state index contributed by atoms with van der Waals surface area (Å²) in [5.41, 5.74) is 4.53. The van der Waals surface area contributed by atoms with Crippen LogP contribution in [0.5, 0.6) is 0 Å². The van der Waals surface area contributed by atoms with E-state index in [0.29, 0.717) is 12.0 Å². The monoisotopic (exact) mass is 364 g/mol. The van der Waals surface area contributed by atoms with E-state index in [0.717, 1.165) is 13.1 Å². The van der Waals surface area contributed by atoms with Crippen molar-refractivity contribution in [2.24, 2.45) is 0 Å². The number of hydrogen-bond acceptors (Lipinski definition) is 2. The summed E-state index contributed by atoms with van der Waals surface area (Å²) in [4.78, 5) is 5.28. The van der Waals surface area contributed by atoms with Gasteiger partial charge in [0.2, 0.25) is 0 Å². The van der Waals surface area contributed by atoms with Gasteiger partial charge in [0.1, 0.15) is 0 Å². The van der Waals surface area contributed by atoms with Crippen LogP contribution in [0.4, 0.5) is 0 Å². The zero-order valence-electron chi connectivity index (χ0n) is 14.1. The highest BCUT2D eigenvalue weighted by molar-refractivity contribution is 5.85. The molecule has 2 aromatic rings. The van der Waals surface area contributed by atoms with Crippen LogP contribution in [0.3, 0.4) is 0 Å². The number of piperazine rings is 1. The molecular formula is C20H26Cl2N2. The third-order valence-corrected chi connectivity index (χ3v) is 5.37. The van der Waals surface area contributed by atoms with Crippen LogP contribution in [0.25, 0.3) is 0 Å². The Bertz CT molecular complexity index is 647. The van der Waals surface area contributed by atoms with E-state index in [9.17, 15) is 0 Å². The SMILES string of the molecule is CCN1CCN2C[C@@H](c3ccccc3)c3ccccc3[C@H]2C1.Cl.Cl. The molecule has 2 atom stereocenters. The Morgan fingerprint density at radius 2 is 1.50 bits per heavy atom. The first kappa shape index (κ1) is 19.3. The number of hydrogen-bond donors (Lipinski definition) is 0. The van der Waals surface area contributed by atoms with Crippen LogP contribution in [0.1, 0.15) is 35.6 Å². The van der Waals surface area contributed by atoms with Crippen molar-refractivity contribution in [3.63, 3.8) is 0 Å². The molecule has 2 aliphatic heterocycles. The van der Waals surface area contributed by atoms with Crippen LogP contribution in [-0.2, 0) is 0 Å². The topological polar surface area (TPSA) is 6.48 Å². The first-order chi connectivity index (χ1) is 10.9. The molecule has 0 bridgehead atoms. The van der Waals surface area contributed by atoms with Gasteiger partial charge in [0, 0.05) is 38.1 Å². The first-order valence-corrected chi connectivity index (χ1v) is 8.47. The van der Waals surface area contributed by atoms with Crippen molar-refractivity contribution in [3.05, 3.63) is 71.3 Å². The number of halogens is 2. The minimum absolute atomic E-state index is 0. The van der Waals surface area contributed by atoms with Gasteiger partial charge in [0.05, 0.1) is 0 Å². The van der Waals surface area contributed by atoms with Crippen LogP contribution in [0.2, 0.25) is 0 Å². The quantitative estimate of drug-likeness (QED) is 0.781. The van der Waals surface area contributed by atoms with Gasteiger partial charge >= 0.3 is 0 Å². The molecular weight excluding hydrogens is 339 g/mol. The lowest BCUT2D eigenvalue weighted by atomic mass is 9.80. The van der Waals surface area contributed by atoms with E-state index in [1.54, 1.807) is 5.56 Å².